The van der Waals surface area contributed by atoms with Crippen molar-refractivity contribution in [2.24, 2.45) is 0 Å². The van der Waals surface area contributed by atoms with E-state index in [0.717, 1.165) is 6.07 Å². The second-order valence-corrected chi connectivity index (χ2v) is 3.86. The zero-order valence-corrected chi connectivity index (χ0v) is 9.64. The minimum absolute atomic E-state index is 0.0285. The largest absolute Gasteiger partial charge is 0.507 e. The van der Waals surface area contributed by atoms with Gasteiger partial charge < -0.3 is 14.7 Å². The Bertz CT molecular complexity index is 593. The van der Waals surface area contributed by atoms with Crippen LogP contribution in [0.2, 0.25) is 0 Å². The van der Waals surface area contributed by atoms with Crippen molar-refractivity contribution < 1.29 is 27.9 Å². The molecule has 1 unspecified atom stereocenters. The fourth-order valence-electron chi connectivity index (χ4n) is 1.42. The zero-order chi connectivity index (χ0) is 14.2. The summed E-state index contributed by atoms with van der Waals surface area (Å²) in [6, 6.07) is 2.84. The van der Waals surface area contributed by atoms with E-state index in [1.54, 1.807) is 0 Å². The summed E-state index contributed by atoms with van der Waals surface area (Å²) in [5.41, 5.74) is -1.16. The molecule has 19 heavy (non-hydrogen) atoms. The summed E-state index contributed by atoms with van der Waals surface area (Å²) >= 11 is 0. The van der Waals surface area contributed by atoms with Gasteiger partial charge in [0.1, 0.15) is 11.9 Å². The van der Waals surface area contributed by atoms with Crippen molar-refractivity contribution in [3.05, 3.63) is 29.7 Å². The van der Waals surface area contributed by atoms with Crippen LogP contribution in [-0.4, -0.2) is 20.4 Å². The Morgan fingerprint density at radius 3 is 2.53 bits per heavy atom. The number of phenolic OH excluding ortho intramolecular Hbond substituents is 1. The first-order valence-electron chi connectivity index (χ1n) is 5.21. The Morgan fingerprint density at radius 2 is 2.00 bits per heavy atom. The van der Waals surface area contributed by atoms with Gasteiger partial charge in [0, 0.05) is 5.56 Å². The number of phenols is 1. The van der Waals surface area contributed by atoms with Gasteiger partial charge in [0.15, 0.2) is 0 Å². The number of aromatic nitrogens is 2. The number of halogens is 3. The van der Waals surface area contributed by atoms with Crippen molar-refractivity contribution in [1.29, 1.82) is 0 Å². The van der Waals surface area contributed by atoms with Crippen LogP contribution in [0, 0.1) is 0 Å². The topological polar surface area (TPSA) is 79.4 Å². The van der Waals surface area contributed by atoms with Gasteiger partial charge in [-0.25, -0.2) is 0 Å². The molecule has 0 aliphatic heterocycles. The molecule has 1 heterocycles. The lowest BCUT2D eigenvalue weighted by Crippen LogP contribution is -2.05. The molecule has 5 nitrogen and oxygen atoms in total. The summed E-state index contributed by atoms with van der Waals surface area (Å²) in [5.74, 6) is -1.08. The van der Waals surface area contributed by atoms with Gasteiger partial charge in [-0.15, -0.1) is 0 Å². The maximum atomic E-state index is 12.6. The van der Waals surface area contributed by atoms with Crippen LogP contribution >= 0.6 is 0 Å². The van der Waals surface area contributed by atoms with Crippen molar-refractivity contribution >= 4 is 0 Å². The van der Waals surface area contributed by atoms with Crippen molar-refractivity contribution in [2.45, 2.75) is 19.2 Å². The number of hydrogen-bond donors (Lipinski definition) is 2. The molecule has 0 amide bonds. The number of benzene rings is 1. The first kappa shape index (κ1) is 13.3. The Balaban J connectivity index is 2.45. The zero-order valence-electron chi connectivity index (χ0n) is 9.64. The highest BCUT2D eigenvalue weighted by Crippen LogP contribution is 2.37. The van der Waals surface area contributed by atoms with Crippen LogP contribution in [0.15, 0.2) is 22.7 Å². The summed E-state index contributed by atoms with van der Waals surface area (Å²) in [6.45, 7) is 1.38. The molecular formula is C11H9F3N2O3. The molecule has 0 radical (unpaired) electrons. The molecule has 1 atom stereocenters. The van der Waals surface area contributed by atoms with Crippen molar-refractivity contribution in [1.82, 2.24) is 10.1 Å². The van der Waals surface area contributed by atoms with Gasteiger partial charge in [-0.3, -0.25) is 0 Å². The fraction of sp³-hybridized carbons (Fsp3) is 0.273. The first-order chi connectivity index (χ1) is 8.79. The van der Waals surface area contributed by atoms with E-state index >= 15 is 0 Å². The van der Waals surface area contributed by atoms with Crippen LogP contribution in [0.1, 0.15) is 24.5 Å². The van der Waals surface area contributed by atoms with Crippen molar-refractivity contribution in [2.75, 3.05) is 0 Å². The molecule has 1 aromatic carbocycles. The lowest BCUT2D eigenvalue weighted by molar-refractivity contribution is -0.138. The molecule has 2 aromatic rings. The van der Waals surface area contributed by atoms with Gasteiger partial charge in [0.25, 0.3) is 5.89 Å². The van der Waals surface area contributed by atoms with Gasteiger partial charge in [-0.1, -0.05) is 5.16 Å². The molecule has 2 rings (SSSR count). The van der Waals surface area contributed by atoms with Crippen LogP contribution in [0.3, 0.4) is 0 Å². The van der Waals surface area contributed by atoms with Gasteiger partial charge in [0.05, 0.1) is 5.56 Å². The highest BCUT2D eigenvalue weighted by molar-refractivity contribution is 5.58. The first-order valence-corrected chi connectivity index (χ1v) is 5.21. The van der Waals surface area contributed by atoms with E-state index in [4.69, 9.17) is 0 Å². The number of alkyl halides is 3. The molecule has 2 N–H and O–H groups in total. The van der Waals surface area contributed by atoms with Crippen molar-refractivity contribution in [3.8, 4) is 17.1 Å². The van der Waals surface area contributed by atoms with E-state index in [-0.39, 0.29) is 17.3 Å². The molecular weight excluding hydrogens is 265 g/mol. The van der Waals surface area contributed by atoms with Gasteiger partial charge in [-0.05, 0) is 25.1 Å². The molecule has 0 aliphatic rings. The smallest absolute Gasteiger partial charge is 0.419 e. The second kappa shape index (κ2) is 4.54. The number of aliphatic hydroxyl groups excluding tert-OH is 1. The standard InChI is InChI=1S/C11H9F3N2O3/c1-5(17)10-15-9(16-19-10)6-2-3-8(18)7(4-6)11(12,13)14/h2-5,17-18H,1H3. The van der Waals surface area contributed by atoms with Gasteiger partial charge in [0.2, 0.25) is 5.82 Å². The maximum absolute atomic E-state index is 12.6. The molecule has 0 bridgehead atoms. The number of aromatic hydroxyl groups is 1. The third-order valence-electron chi connectivity index (χ3n) is 2.36. The third-order valence-corrected chi connectivity index (χ3v) is 2.36. The molecule has 0 spiro atoms. The highest BCUT2D eigenvalue weighted by Gasteiger charge is 2.34. The van der Waals surface area contributed by atoms with E-state index in [0.29, 0.717) is 6.07 Å². The normalized spacial score (nSPS) is 13.5. The number of aliphatic hydroxyl groups is 1. The van der Waals surface area contributed by atoms with Crippen LogP contribution < -0.4 is 0 Å². The predicted octanol–water partition coefficient (Wildman–Crippen LogP) is 2.51. The molecule has 1 aromatic heterocycles. The van der Waals surface area contributed by atoms with E-state index < -0.39 is 23.6 Å². The number of hydrogen-bond acceptors (Lipinski definition) is 5. The summed E-state index contributed by atoms with van der Waals surface area (Å²) < 4.78 is 42.5. The Kier molecular flexibility index (Phi) is 3.19. The minimum atomic E-state index is -4.68. The quantitative estimate of drug-likeness (QED) is 0.879. The minimum Gasteiger partial charge on any atom is -0.507 e. The third kappa shape index (κ3) is 2.68. The van der Waals surface area contributed by atoms with E-state index in [1.165, 1.54) is 13.0 Å². The van der Waals surface area contributed by atoms with E-state index in [9.17, 15) is 23.4 Å². The van der Waals surface area contributed by atoms with Crippen molar-refractivity contribution in [3.63, 3.8) is 0 Å². The molecule has 0 saturated carbocycles. The van der Waals surface area contributed by atoms with Crippen LogP contribution in [0.5, 0.6) is 5.75 Å². The fourth-order valence-corrected chi connectivity index (χ4v) is 1.42. The lowest BCUT2D eigenvalue weighted by Gasteiger charge is -2.09. The maximum Gasteiger partial charge on any atom is 0.419 e. The highest BCUT2D eigenvalue weighted by atomic mass is 19.4. The van der Waals surface area contributed by atoms with Crippen LogP contribution in [-0.2, 0) is 6.18 Å². The lowest BCUT2D eigenvalue weighted by atomic mass is 10.1. The van der Waals surface area contributed by atoms with Gasteiger partial charge >= 0.3 is 6.18 Å². The molecule has 0 aliphatic carbocycles. The number of rotatable bonds is 2. The summed E-state index contributed by atoms with van der Waals surface area (Å²) in [6.07, 6.45) is -5.70. The average Bonchev–Trinajstić information content (AvgIpc) is 2.77. The SMILES string of the molecule is CC(O)c1nc(-c2ccc(O)c(C(F)(F)F)c2)no1. The number of nitrogens with zero attached hydrogens (tertiary/aromatic N) is 2. The van der Waals surface area contributed by atoms with E-state index in [1.807, 2.05) is 0 Å². The average molecular weight is 274 g/mol. The van der Waals surface area contributed by atoms with Crippen LogP contribution in [0.4, 0.5) is 13.2 Å². The molecule has 0 fully saturated rings. The summed E-state index contributed by atoms with van der Waals surface area (Å²) in [5, 5.41) is 21.8. The molecule has 0 saturated heterocycles. The van der Waals surface area contributed by atoms with E-state index in [2.05, 4.69) is 14.7 Å². The predicted molar refractivity (Wildman–Crippen MR) is 57.0 cm³/mol. The van der Waals surface area contributed by atoms with Crippen LogP contribution in [0.25, 0.3) is 11.4 Å². The monoisotopic (exact) mass is 274 g/mol. The summed E-state index contributed by atoms with van der Waals surface area (Å²) in [4.78, 5) is 3.76. The summed E-state index contributed by atoms with van der Waals surface area (Å²) in [7, 11) is 0. The van der Waals surface area contributed by atoms with Gasteiger partial charge in [-0.2, -0.15) is 18.2 Å². The second-order valence-electron chi connectivity index (χ2n) is 3.86. The Labute approximate surface area is 105 Å². The Hall–Kier alpha value is -2.09. The molecule has 102 valence electrons. The molecule has 8 heteroatoms. The Morgan fingerprint density at radius 1 is 1.32 bits per heavy atom.